The van der Waals surface area contributed by atoms with Crippen molar-refractivity contribution in [3.63, 3.8) is 0 Å². The molecule has 0 bridgehead atoms. The molecule has 0 saturated carbocycles. The molecule has 2 aromatic carbocycles. The van der Waals surface area contributed by atoms with Crippen molar-refractivity contribution in [3.05, 3.63) is 62.6 Å². The lowest BCUT2D eigenvalue weighted by Gasteiger charge is -2.17. The molecule has 0 aromatic heterocycles. The standard InChI is InChI=1S/C15H12Cl3NO2/c1-8(11-4-2-9(16)6-13(11)17)19-10-3-5-12(15(20)21)14(18)7-10/h2-8,19H,1H3,(H,20,21). The van der Waals surface area contributed by atoms with E-state index < -0.39 is 5.97 Å². The van der Waals surface area contributed by atoms with Gasteiger partial charge in [-0.25, -0.2) is 4.79 Å². The van der Waals surface area contributed by atoms with Crippen LogP contribution in [0.3, 0.4) is 0 Å². The van der Waals surface area contributed by atoms with E-state index in [1.165, 1.54) is 6.07 Å². The highest BCUT2D eigenvalue weighted by Gasteiger charge is 2.12. The lowest BCUT2D eigenvalue weighted by atomic mass is 10.1. The quantitative estimate of drug-likeness (QED) is 0.768. The highest BCUT2D eigenvalue weighted by Crippen LogP contribution is 2.29. The average Bonchev–Trinajstić information content (AvgIpc) is 2.37. The van der Waals surface area contributed by atoms with Gasteiger partial charge in [0, 0.05) is 21.8 Å². The number of benzene rings is 2. The Morgan fingerprint density at radius 2 is 1.81 bits per heavy atom. The number of hydrogen-bond acceptors (Lipinski definition) is 2. The number of halogens is 3. The highest BCUT2D eigenvalue weighted by molar-refractivity contribution is 6.35. The van der Waals surface area contributed by atoms with Crippen molar-refractivity contribution in [3.8, 4) is 0 Å². The number of rotatable bonds is 4. The summed E-state index contributed by atoms with van der Waals surface area (Å²) in [6.07, 6.45) is 0. The number of hydrogen-bond donors (Lipinski definition) is 2. The number of carbonyl (C=O) groups is 1. The fraction of sp³-hybridized carbons (Fsp3) is 0.133. The molecule has 1 unspecified atom stereocenters. The van der Waals surface area contributed by atoms with Crippen LogP contribution in [0, 0.1) is 0 Å². The molecular weight excluding hydrogens is 333 g/mol. The Morgan fingerprint density at radius 3 is 2.38 bits per heavy atom. The summed E-state index contributed by atoms with van der Waals surface area (Å²) in [5, 5.41) is 13.5. The Balaban J connectivity index is 2.21. The van der Waals surface area contributed by atoms with Crippen molar-refractivity contribution >= 4 is 46.5 Å². The topological polar surface area (TPSA) is 49.3 Å². The molecule has 0 aliphatic heterocycles. The second-order valence-corrected chi connectivity index (χ2v) is 5.78. The van der Waals surface area contributed by atoms with Crippen LogP contribution < -0.4 is 5.32 Å². The van der Waals surface area contributed by atoms with Gasteiger partial charge in [-0.1, -0.05) is 40.9 Å². The minimum absolute atomic E-state index is 0.0689. The van der Waals surface area contributed by atoms with Gasteiger partial charge in [-0.2, -0.15) is 0 Å². The fourth-order valence-electron chi connectivity index (χ4n) is 1.96. The molecule has 0 radical (unpaired) electrons. The third-order valence-electron chi connectivity index (χ3n) is 3.01. The molecule has 0 saturated heterocycles. The lowest BCUT2D eigenvalue weighted by molar-refractivity contribution is 0.0697. The van der Waals surface area contributed by atoms with E-state index in [-0.39, 0.29) is 16.6 Å². The summed E-state index contributed by atoms with van der Waals surface area (Å²) in [6.45, 7) is 1.94. The fourth-order valence-corrected chi connectivity index (χ4v) is 2.79. The molecule has 6 heteroatoms. The zero-order chi connectivity index (χ0) is 15.6. The van der Waals surface area contributed by atoms with E-state index in [2.05, 4.69) is 5.32 Å². The first-order chi connectivity index (χ1) is 9.88. The van der Waals surface area contributed by atoms with Crippen LogP contribution in [0.2, 0.25) is 15.1 Å². The largest absolute Gasteiger partial charge is 0.478 e. The summed E-state index contributed by atoms with van der Waals surface area (Å²) in [5.74, 6) is -1.06. The number of anilines is 1. The normalized spacial score (nSPS) is 12.0. The molecule has 1 atom stereocenters. The Morgan fingerprint density at radius 1 is 1.10 bits per heavy atom. The van der Waals surface area contributed by atoms with Crippen LogP contribution in [-0.2, 0) is 0 Å². The maximum Gasteiger partial charge on any atom is 0.337 e. The van der Waals surface area contributed by atoms with E-state index in [1.807, 2.05) is 13.0 Å². The minimum Gasteiger partial charge on any atom is -0.478 e. The molecule has 110 valence electrons. The molecule has 0 aliphatic carbocycles. The smallest absolute Gasteiger partial charge is 0.337 e. The van der Waals surface area contributed by atoms with Gasteiger partial charge in [-0.05, 0) is 42.8 Å². The van der Waals surface area contributed by atoms with Crippen LogP contribution in [0.1, 0.15) is 28.9 Å². The molecule has 2 rings (SSSR count). The van der Waals surface area contributed by atoms with Crippen molar-refractivity contribution in [1.82, 2.24) is 0 Å². The van der Waals surface area contributed by atoms with E-state index in [4.69, 9.17) is 39.9 Å². The van der Waals surface area contributed by atoms with Crippen LogP contribution in [0.25, 0.3) is 0 Å². The summed E-state index contributed by atoms with van der Waals surface area (Å²) >= 11 is 18.0. The molecule has 0 aliphatic rings. The summed E-state index contributed by atoms with van der Waals surface area (Å²) in [6, 6.07) is 9.90. The first-order valence-electron chi connectivity index (χ1n) is 6.13. The van der Waals surface area contributed by atoms with E-state index >= 15 is 0 Å². The zero-order valence-corrected chi connectivity index (χ0v) is 13.3. The van der Waals surface area contributed by atoms with Gasteiger partial charge in [0.15, 0.2) is 0 Å². The Bertz CT molecular complexity index is 689. The third-order valence-corrected chi connectivity index (χ3v) is 3.89. The molecule has 0 fully saturated rings. The molecule has 3 nitrogen and oxygen atoms in total. The van der Waals surface area contributed by atoms with E-state index in [0.717, 1.165) is 5.56 Å². The molecule has 2 N–H and O–H groups in total. The number of carboxylic acids is 1. The number of nitrogens with one attached hydrogen (secondary N) is 1. The Hall–Kier alpha value is -1.42. The predicted molar refractivity (Wildman–Crippen MR) is 86.9 cm³/mol. The highest BCUT2D eigenvalue weighted by atomic mass is 35.5. The van der Waals surface area contributed by atoms with Crippen LogP contribution in [-0.4, -0.2) is 11.1 Å². The molecule has 0 spiro atoms. The SMILES string of the molecule is CC(Nc1ccc(C(=O)O)c(Cl)c1)c1ccc(Cl)cc1Cl. The van der Waals surface area contributed by atoms with Gasteiger partial charge >= 0.3 is 5.97 Å². The Kier molecular flexibility index (Phi) is 4.99. The molecule has 0 heterocycles. The summed E-state index contributed by atoms with van der Waals surface area (Å²) in [7, 11) is 0. The van der Waals surface area contributed by atoms with Crippen molar-refractivity contribution in [2.45, 2.75) is 13.0 Å². The maximum atomic E-state index is 10.9. The van der Waals surface area contributed by atoms with Gasteiger partial charge in [0.2, 0.25) is 0 Å². The minimum atomic E-state index is -1.06. The van der Waals surface area contributed by atoms with Gasteiger partial charge in [-0.3, -0.25) is 0 Å². The maximum absolute atomic E-state index is 10.9. The van der Waals surface area contributed by atoms with Gasteiger partial charge in [0.05, 0.1) is 10.6 Å². The number of aromatic carboxylic acids is 1. The van der Waals surface area contributed by atoms with Gasteiger partial charge in [0.25, 0.3) is 0 Å². The predicted octanol–water partition coefficient (Wildman–Crippen LogP) is 5.52. The second-order valence-electron chi connectivity index (χ2n) is 4.53. The van der Waals surface area contributed by atoms with Crippen molar-refractivity contribution in [2.75, 3.05) is 5.32 Å². The lowest BCUT2D eigenvalue weighted by Crippen LogP contribution is -2.08. The zero-order valence-electron chi connectivity index (χ0n) is 11.0. The average molecular weight is 345 g/mol. The van der Waals surface area contributed by atoms with Crippen molar-refractivity contribution in [2.24, 2.45) is 0 Å². The molecular formula is C15H12Cl3NO2. The third kappa shape index (κ3) is 3.82. The van der Waals surface area contributed by atoms with E-state index in [0.29, 0.717) is 15.7 Å². The molecule has 2 aromatic rings. The van der Waals surface area contributed by atoms with Gasteiger partial charge < -0.3 is 10.4 Å². The summed E-state index contributed by atoms with van der Waals surface area (Å²) in [4.78, 5) is 10.9. The number of carboxylic acid groups (broad SMARTS) is 1. The van der Waals surface area contributed by atoms with Crippen LogP contribution in [0.4, 0.5) is 5.69 Å². The summed E-state index contributed by atoms with van der Waals surface area (Å²) in [5.41, 5.74) is 1.67. The van der Waals surface area contributed by atoms with E-state index in [1.54, 1.807) is 24.3 Å². The molecule has 0 amide bonds. The van der Waals surface area contributed by atoms with Crippen molar-refractivity contribution in [1.29, 1.82) is 0 Å². The van der Waals surface area contributed by atoms with Crippen LogP contribution in [0.15, 0.2) is 36.4 Å². The first-order valence-corrected chi connectivity index (χ1v) is 7.26. The van der Waals surface area contributed by atoms with Gasteiger partial charge in [0.1, 0.15) is 0 Å². The second kappa shape index (κ2) is 6.56. The van der Waals surface area contributed by atoms with Crippen LogP contribution >= 0.6 is 34.8 Å². The monoisotopic (exact) mass is 343 g/mol. The first kappa shape index (κ1) is 16.0. The van der Waals surface area contributed by atoms with Crippen LogP contribution in [0.5, 0.6) is 0 Å². The van der Waals surface area contributed by atoms with E-state index in [9.17, 15) is 4.79 Å². The Labute approximate surface area is 137 Å². The molecule has 21 heavy (non-hydrogen) atoms. The van der Waals surface area contributed by atoms with Crippen molar-refractivity contribution < 1.29 is 9.90 Å². The van der Waals surface area contributed by atoms with Gasteiger partial charge in [-0.15, -0.1) is 0 Å². The summed E-state index contributed by atoms with van der Waals surface area (Å²) < 4.78 is 0.